The smallest absolute Gasteiger partial charge is 0.315 e. The van der Waals surface area contributed by atoms with Crippen LogP contribution in [0.15, 0.2) is 0 Å². The van der Waals surface area contributed by atoms with Crippen LogP contribution in [0.2, 0.25) is 0 Å². The standard InChI is InChI=1S/C26H50N4O2/c1-19-13-21(17-25(3,4)15-19)29-23(31)27-11-9-7-8-10-12-28-24(32)30-22-14-20(2)16-26(5,6)18-22/h19-22H,7-18H2,1-6H3,(H2,27,29,31)(H2,28,30,32)/t19-,20+,21-,22+. The molecule has 32 heavy (non-hydrogen) atoms. The molecule has 0 spiro atoms. The lowest BCUT2D eigenvalue weighted by molar-refractivity contribution is 0.151. The second-order valence-corrected chi connectivity index (χ2v) is 12.4. The van der Waals surface area contributed by atoms with Crippen LogP contribution in [0, 0.1) is 22.7 Å². The molecular weight excluding hydrogens is 400 g/mol. The molecule has 6 nitrogen and oxygen atoms in total. The summed E-state index contributed by atoms with van der Waals surface area (Å²) in [5.41, 5.74) is 0.623. The zero-order valence-electron chi connectivity index (χ0n) is 21.6. The maximum Gasteiger partial charge on any atom is 0.315 e. The summed E-state index contributed by atoms with van der Waals surface area (Å²) in [6.45, 7) is 15.2. The molecule has 0 bridgehead atoms. The molecular formula is C26H50N4O2. The normalized spacial score (nSPS) is 29.1. The first kappa shape index (κ1) is 26.8. The Morgan fingerprint density at radius 3 is 1.38 bits per heavy atom. The van der Waals surface area contributed by atoms with Gasteiger partial charge < -0.3 is 21.3 Å². The molecule has 2 fully saturated rings. The molecule has 4 amide bonds. The first-order valence-corrected chi connectivity index (χ1v) is 13.0. The van der Waals surface area contributed by atoms with Gasteiger partial charge in [-0.2, -0.15) is 0 Å². The molecule has 2 aliphatic carbocycles. The van der Waals surface area contributed by atoms with Crippen LogP contribution in [0.4, 0.5) is 9.59 Å². The number of nitrogens with one attached hydrogen (secondary N) is 4. The molecule has 2 saturated carbocycles. The van der Waals surface area contributed by atoms with E-state index in [4.69, 9.17) is 0 Å². The van der Waals surface area contributed by atoms with Crippen LogP contribution in [-0.4, -0.2) is 37.2 Å². The average molecular weight is 451 g/mol. The minimum atomic E-state index is -0.0292. The van der Waals surface area contributed by atoms with Gasteiger partial charge in [0.1, 0.15) is 0 Å². The number of amides is 4. The van der Waals surface area contributed by atoms with Crippen molar-refractivity contribution >= 4 is 12.1 Å². The van der Waals surface area contributed by atoms with E-state index >= 15 is 0 Å². The van der Waals surface area contributed by atoms with Crippen molar-refractivity contribution in [1.29, 1.82) is 0 Å². The number of carbonyl (C=O) groups excluding carboxylic acids is 2. The summed E-state index contributed by atoms with van der Waals surface area (Å²) in [5, 5.41) is 12.3. The van der Waals surface area contributed by atoms with E-state index < -0.39 is 0 Å². The number of hydrogen-bond donors (Lipinski definition) is 4. The molecule has 0 aromatic carbocycles. The Bertz CT molecular complexity index is 553. The molecule has 0 aliphatic heterocycles. The second kappa shape index (κ2) is 12.1. The Kier molecular flexibility index (Phi) is 10.2. The summed E-state index contributed by atoms with van der Waals surface area (Å²) >= 11 is 0. The summed E-state index contributed by atoms with van der Waals surface area (Å²) in [6.07, 6.45) is 10.8. The van der Waals surface area contributed by atoms with Crippen LogP contribution in [-0.2, 0) is 0 Å². The Balaban J connectivity index is 1.46. The molecule has 0 aromatic heterocycles. The number of rotatable bonds is 9. The van der Waals surface area contributed by atoms with Crippen LogP contribution in [0.5, 0.6) is 0 Å². The number of carbonyl (C=O) groups is 2. The first-order chi connectivity index (χ1) is 14.9. The number of unbranched alkanes of at least 4 members (excludes halogenated alkanes) is 3. The van der Waals surface area contributed by atoms with Crippen LogP contribution in [0.1, 0.15) is 106 Å². The van der Waals surface area contributed by atoms with Crippen molar-refractivity contribution in [3.05, 3.63) is 0 Å². The number of urea groups is 2. The Hall–Kier alpha value is -1.46. The highest BCUT2D eigenvalue weighted by molar-refractivity contribution is 5.74. The second-order valence-electron chi connectivity index (χ2n) is 12.4. The zero-order valence-corrected chi connectivity index (χ0v) is 21.6. The quantitative estimate of drug-likeness (QED) is 0.346. The Labute approximate surface area is 196 Å². The zero-order chi connectivity index (χ0) is 23.8. The Morgan fingerprint density at radius 2 is 1.03 bits per heavy atom. The van der Waals surface area contributed by atoms with Gasteiger partial charge in [0.05, 0.1) is 0 Å². The molecule has 0 heterocycles. The fourth-order valence-electron chi connectivity index (χ4n) is 6.39. The van der Waals surface area contributed by atoms with Gasteiger partial charge >= 0.3 is 12.1 Å². The molecule has 4 atom stereocenters. The van der Waals surface area contributed by atoms with Gasteiger partial charge in [-0.05, 0) is 74.0 Å². The van der Waals surface area contributed by atoms with Crippen molar-refractivity contribution in [2.24, 2.45) is 22.7 Å². The summed E-state index contributed by atoms with van der Waals surface area (Å²) in [6, 6.07) is 0.514. The summed E-state index contributed by atoms with van der Waals surface area (Å²) in [7, 11) is 0. The van der Waals surface area contributed by atoms with E-state index in [9.17, 15) is 9.59 Å². The first-order valence-electron chi connectivity index (χ1n) is 13.0. The van der Waals surface area contributed by atoms with Crippen molar-refractivity contribution in [2.75, 3.05) is 13.1 Å². The molecule has 0 aromatic rings. The lowest BCUT2D eigenvalue weighted by Crippen LogP contribution is -2.47. The predicted octanol–water partition coefficient (Wildman–Crippen LogP) is 5.57. The van der Waals surface area contributed by atoms with E-state index in [1.54, 1.807) is 0 Å². The molecule has 2 aliphatic rings. The van der Waals surface area contributed by atoms with Crippen LogP contribution in [0.25, 0.3) is 0 Å². The predicted molar refractivity (Wildman–Crippen MR) is 133 cm³/mol. The molecule has 0 unspecified atom stereocenters. The van der Waals surface area contributed by atoms with E-state index in [0.29, 0.717) is 35.8 Å². The van der Waals surface area contributed by atoms with E-state index in [1.165, 1.54) is 12.8 Å². The monoisotopic (exact) mass is 450 g/mol. The van der Waals surface area contributed by atoms with E-state index in [2.05, 4.69) is 62.8 Å². The van der Waals surface area contributed by atoms with Gasteiger partial charge in [-0.1, -0.05) is 54.4 Å². The van der Waals surface area contributed by atoms with Gasteiger partial charge in [0.25, 0.3) is 0 Å². The summed E-state index contributed by atoms with van der Waals surface area (Å²) in [5.74, 6) is 1.33. The average Bonchev–Trinajstić information content (AvgIpc) is 2.60. The largest absolute Gasteiger partial charge is 0.338 e. The minimum Gasteiger partial charge on any atom is -0.338 e. The molecule has 0 saturated heterocycles. The SMILES string of the molecule is C[C@@H]1C[C@@H](NC(=O)NCCCCCCNC(=O)N[C@H]2C[C@H](C)CC(C)(C)C2)CC(C)(C)C1. The van der Waals surface area contributed by atoms with Crippen molar-refractivity contribution in [3.8, 4) is 0 Å². The fraction of sp³-hybridized carbons (Fsp3) is 0.923. The van der Waals surface area contributed by atoms with Crippen molar-refractivity contribution < 1.29 is 9.59 Å². The minimum absolute atomic E-state index is 0.0292. The van der Waals surface area contributed by atoms with Crippen LogP contribution >= 0.6 is 0 Å². The molecule has 6 heteroatoms. The lowest BCUT2D eigenvalue weighted by Gasteiger charge is -2.39. The summed E-state index contributed by atoms with van der Waals surface area (Å²) < 4.78 is 0. The topological polar surface area (TPSA) is 82.3 Å². The Morgan fingerprint density at radius 1 is 0.656 bits per heavy atom. The van der Waals surface area contributed by atoms with E-state index in [0.717, 1.165) is 51.4 Å². The highest BCUT2D eigenvalue weighted by atomic mass is 16.2. The third-order valence-electron chi connectivity index (χ3n) is 7.12. The van der Waals surface area contributed by atoms with Gasteiger partial charge in [-0.15, -0.1) is 0 Å². The van der Waals surface area contributed by atoms with Crippen molar-refractivity contribution in [1.82, 2.24) is 21.3 Å². The van der Waals surface area contributed by atoms with Gasteiger partial charge in [-0.25, -0.2) is 9.59 Å². The number of hydrogen-bond acceptors (Lipinski definition) is 2. The highest BCUT2D eigenvalue weighted by Gasteiger charge is 2.33. The third-order valence-corrected chi connectivity index (χ3v) is 7.12. The van der Waals surface area contributed by atoms with Crippen LogP contribution < -0.4 is 21.3 Å². The molecule has 4 N–H and O–H groups in total. The van der Waals surface area contributed by atoms with Crippen molar-refractivity contribution in [3.63, 3.8) is 0 Å². The highest BCUT2D eigenvalue weighted by Crippen LogP contribution is 2.39. The maximum absolute atomic E-state index is 12.2. The third kappa shape index (κ3) is 10.4. The van der Waals surface area contributed by atoms with E-state index in [-0.39, 0.29) is 24.1 Å². The van der Waals surface area contributed by atoms with Gasteiger partial charge in [0.2, 0.25) is 0 Å². The molecule has 186 valence electrons. The summed E-state index contributed by atoms with van der Waals surface area (Å²) in [4.78, 5) is 24.4. The van der Waals surface area contributed by atoms with Crippen molar-refractivity contribution in [2.45, 2.75) is 118 Å². The molecule has 0 radical (unpaired) electrons. The van der Waals surface area contributed by atoms with E-state index in [1.807, 2.05) is 0 Å². The van der Waals surface area contributed by atoms with Crippen LogP contribution in [0.3, 0.4) is 0 Å². The fourth-order valence-corrected chi connectivity index (χ4v) is 6.39. The maximum atomic E-state index is 12.2. The van der Waals surface area contributed by atoms with Gasteiger partial charge in [0, 0.05) is 25.2 Å². The molecule has 2 rings (SSSR count). The van der Waals surface area contributed by atoms with Gasteiger partial charge in [-0.3, -0.25) is 0 Å². The van der Waals surface area contributed by atoms with Gasteiger partial charge in [0.15, 0.2) is 0 Å². The lowest BCUT2D eigenvalue weighted by atomic mass is 9.70.